The zero-order chi connectivity index (χ0) is 31.5. The molecule has 0 aliphatic rings. The Morgan fingerprint density at radius 2 is 1.33 bits per heavy atom. The summed E-state index contributed by atoms with van der Waals surface area (Å²) in [7, 11) is -4.73. The number of aliphatic hydroxyl groups is 1. The number of carboxylic acids is 1. The third-order valence-electron chi connectivity index (χ3n) is 6.24. The zero-order valence-electron chi connectivity index (χ0n) is 25.5. The van der Waals surface area contributed by atoms with Gasteiger partial charge in [0.25, 0.3) is 0 Å². The van der Waals surface area contributed by atoms with E-state index in [1.165, 1.54) is 25.7 Å². The number of hydrogen-bond donors (Lipinski definition) is 4. The molecule has 42 heavy (non-hydrogen) atoms. The number of carboxylic acid groups (broad SMARTS) is 1. The van der Waals surface area contributed by atoms with E-state index in [2.05, 4.69) is 45.6 Å². The molecular weight excluding hydrogens is 565 g/mol. The monoisotopic (exact) mass is 619 g/mol. The third-order valence-corrected chi connectivity index (χ3v) is 7.19. The Balaban J connectivity index is 4.03. The van der Waals surface area contributed by atoms with Crippen molar-refractivity contribution in [1.82, 2.24) is 5.32 Å². The van der Waals surface area contributed by atoms with E-state index in [0.717, 1.165) is 51.4 Å². The lowest BCUT2D eigenvalue weighted by atomic mass is 10.1. The molecule has 0 aromatic rings. The molecule has 3 atom stereocenters. The first-order valence-corrected chi connectivity index (χ1v) is 16.9. The van der Waals surface area contributed by atoms with E-state index < -0.39 is 57.6 Å². The van der Waals surface area contributed by atoms with Crippen molar-refractivity contribution in [2.24, 2.45) is 0 Å². The van der Waals surface area contributed by atoms with E-state index in [1.807, 2.05) is 6.92 Å². The number of nitrogens with one attached hydrogen (secondary N) is 1. The van der Waals surface area contributed by atoms with Crippen LogP contribution in [0.2, 0.25) is 0 Å². The number of hydrogen-bond acceptors (Lipinski definition) is 8. The van der Waals surface area contributed by atoms with Crippen LogP contribution in [0.1, 0.15) is 117 Å². The minimum atomic E-state index is -4.73. The van der Waals surface area contributed by atoms with Gasteiger partial charge in [-0.15, -0.1) is 0 Å². The van der Waals surface area contributed by atoms with Crippen molar-refractivity contribution in [2.75, 3.05) is 19.8 Å². The van der Waals surface area contributed by atoms with Gasteiger partial charge in [0, 0.05) is 12.8 Å². The summed E-state index contributed by atoms with van der Waals surface area (Å²) in [5, 5.41) is 21.4. The highest BCUT2D eigenvalue weighted by Gasteiger charge is 2.28. The van der Waals surface area contributed by atoms with Gasteiger partial charge in [-0.3, -0.25) is 18.6 Å². The SMILES string of the molecule is CCCCCC/C=C\C/C=C\CCCCCCCC(=O)NC(COP(=O)(O)OCC(O)COC(=O)CCCC)C(=O)O. The summed E-state index contributed by atoms with van der Waals surface area (Å²) in [5.74, 6) is -2.44. The fourth-order valence-corrected chi connectivity index (χ4v) is 4.50. The minimum Gasteiger partial charge on any atom is -0.480 e. The fraction of sp³-hybridized carbons (Fsp3) is 0.767. The number of carbonyl (C=O) groups excluding carboxylic acids is 2. The Kier molecular flexibility index (Phi) is 25.3. The van der Waals surface area contributed by atoms with Crippen molar-refractivity contribution in [3.63, 3.8) is 0 Å². The van der Waals surface area contributed by atoms with Crippen LogP contribution in [0.3, 0.4) is 0 Å². The second-order valence-electron chi connectivity index (χ2n) is 10.3. The number of ether oxygens (including phenoxy) is 1. The van der Waals surface area contributed by atoms with Gasteiger partial charge in [0.15, 0.2) is 6.04 Å². The molecule has 3 unspecified atom stereocenters. The van der Waals surface area contributed by atoms with E-state index in [4.69, 9.17) is 4.74 Å². The number of rotatable bonds is 28. The van der Waals surface area contributed by atoms with Gasteiger partial charge >= 0.3 is 19.8 Å². The van der Waals surface area contributed by atoms with E-state index in [9.17, 15) is 34.1 Å². The number of carbonyl (C=O) groups is 3. The van der Waals surface area contributed by atoms with E-state index in [1.54, 1.807) is 0 Å². The number of unbranched alkanes of at least 4 members (excludes halogenated alkanes) is 10. The Hall–Kier alpha value is -2.04. The van der Waals surface area contributed by atoms with Crippen LogP contribution in [-0.4, -0.2) is 64.9 Å². The Morgan fingerprint density at radius 1 is 0.762 bits per heavy atom. The molecular formula is C30H54NO10P. The molecule has 0 heterocycles. The summed E-state index contributed by atoms with van der Waals surface area (Å²) in [5.41, 5.74) is 0. The van der Waals surface area contributed by atoms with Crippen molar-refractivity contribution in [2.45, 2.75) is 129 Å². The first-order valence-electron chi connectivity index (χ1n) is 15.4. The molecule has 0 aromatic carbocycles. The fourth-order valence-electron chi connectivity index (χ4n) is 3.73. The van der Waals surface area contributed by atoms with Gasteiger partial charge in [0.1, 0.15) is 12.7 Å². The normalized spacial score (nSPS) is 14.6. The van der Waals surface area contributed by atoms with Crippen LogP contribution in [-0.2, 0) is 32.7 Å². The van der Waals surface area contributed by atoms with Crippen molar-refractivity contribution in [3.05, 3.63) is 24.3 Å². The molecule has 0 aliphatic heterocycles. The van der Waals surface area contributed by atoms with Gasteiger partial charge in [-0.1, -0.05) is 83.1 Å². The van der Waals surface area contributed by atoms with Crippen LogP contribution in [0.15, 0.2) is 24.3 Å². The molecule has 12 heteroatoms. The topological polar surface area (TPSA) is 169 Å². The van der Waals surface area contributed by atoms with Gasteiger partial charge in [-0.2, -0.15) is 0 Å². The number of allylic oxidation sites excluding steroid dienone is 4. The lowest BCUT2D eigenvalue weighted by Gasteiger charge is -2.18. The van der Waals surface area contributed by atoms with Gasteiger partial charge in [0.05, 0.1) is 13.2 Å². The molecule has 244 valence electrons. The van der Waals surface area contributed by atoms with Crippen molar-refractivity contribution >= 4 is 25.7 Å². The smallest absolute Gasteiger partial charge is 0.472 e. The highest BCUT2D eigenvalue weighted by molar-refractivity contribution is 7.47. The second kappa shape index (κ2) is 26.6. The first-order chi connectivity index (χ1) is 20.1. The van der Waals surface area contributed by atoms with Gasteiger partial charge < -0.3 is 25.2 Å². The third kappa shape index (κ3) is 25.7. The molecule has 0 radical (unpaired) electrons. The number of phosphoric acid groups is 1. The van der Waals surface area contributed by atoms with Gasteiger partial charge in [0.2, 0.25) is 5.91 Å². The molecule has 11 nitrogen and oxygen atoms in total. The Bertz CT molecular complexity index is 833. The number of amides is 1. The highest BCUT2D eigenvalue weighted by Crippen LogP contribution is 2.43. The lowest BCUT2D eigenvalue weighted by molar-refractivity contribution is -0.147. The van der Waals surface area contributed by atoms with Gasteiger partial charge in [-0.25, -0.2) is 9.36 Å². The Morgan fingerprint density at radius 3 is 1.95 bits per heavy atom. The molecule has 0 fully saturated rings. The highest BCUT2D eigenvalue weighted by atomic mass is 31.2. The maximum Gasteiger partial charge on any atom is 0.472 e. The average Bonchev–Trinajstić information content (AvgIpc) is 2.95. The summed E-state index contributed by atoms with van der Waals surface area (Å²) in [6.45, 7) is 2.22. The van der Waals surface area contributed by atoms with Crippen molar-refractivity contribution < 1.29 is 47.8 Å². The van der Waals surface area contributed by atoms with Gasteiger partial charge in [-0.05, 0) is 44.9 Å². The summed E-state index contributed by atoms with van der Waals surface area (Å²) < 4.78 is 26.2. The largest absolute Gasteiger partial charge is 0.480 e. The summed E-state index contributed by atoms with van der Waals surface area (Å²) in [6.07, 6.45) is 22.1. The number of aliphatic carboxylic acids is 1. The first kappa shape index (κ1) is 40.0. The van der Waals surface area contributed by atoms with Crippen LogP contribution >= 0.6 is 7.82 Å². The van der Waals surface area contributed by atoms with Crippen LogP contribution < -0.4 is 5.32 Å². The quantitative estimate of drug-likeness (QED) is 0.0353. The predicted molar refractivity (Wildman–Crippen MR) is 162 cm³/mol. The van der Waals surface area contributed by atoms with E-state index in [0.29, 0.717) is 12.8 Å². The second-order valence-corrected chi connectivity index (χ2v) is 11.7. The van der Waals surface area contributed by atoms with Crippen LogP contribution in [0.25, 0.3) is 0 Å². The summed E-state index contributed by atoms with van der Waals surface area (Å²) in [4.78, 5) is 44.8. The molecule has 1 amide bonds. The summed E-state index contributed by atoms with van der Waals surface area (Å²) >= 11 is 0. The summed E-state index contributed by atoms with van der Waals surface area (Å²) in [6, 6.07) is -1.55. The predicted octanol–water partition coefficient (Wildman–Crippen LogP) is 5.99. The average molecular weight is 620 g/mol. The zero-order valence-corrected chi connectivity index (χ0v) is 26.4. The number of phosphoric ester groups is 1. The van der Waals surface area contributed by atoms with Crippen molar-refractivity contribution in [1.29, 1.82) is 0 Å². The Labute approximate surface area is 251 Å². The molecule has 0 spiro atoms. The van der Waals surface area contributed by atoms with Crippen molar-refractivity contribution in [3.8, 4) is 0 Å². The van der Waals surface area contributed by atoms with E-state index in [-0.39, 0.29) is 12.8 Å². The van der Waals surface area contributed by atoms with Crippen LogP contribution in [0.4, 0.5) is 0 Å². The van der Waals surface area contributed by atoms with E-state index >= 15 is 0 Å². The molecule has 0 aromatic heterocycles. The molecule has 0 aliphatic carbocycles. The standard InChI is InChI=1S/C30H54NO10P/c1-3-5-7-8-9-10-11-12-13-14-15-16-17-18-19-20-21-28(33)31-27(30(35)36)25-41-42(37,38)40-24-26(32)23-39-29(34)22-6-4-2/h10-11,13-14,26-27,32H,3-9,12,15-25H2,1-2H3,(H,31,33)(H,35,36)(H,37,38)/b11-10-,14-13-. The molecule has 0 bridgehead atoms. The molecule has 0 rings (SSSR count). The maximum absolute atomic E-state index is 12.2. The number of esters is 1. The molecule has 4 N–H and O–H groups in total. The van der Waals surface area contributed by atoms with Crippen LogP contribution in [0, 0.1) is 0 Å². The maximum atomic E-state index is 12.2. The lowest BCUT2D eigenvalue weighted by Crippen LogP contribution is -2.43. The number of aliphatic hydroxyl groups excluding tert-OH is 1. The minimum absolute atomic E-state index is 0.130. The molecule has 0 saturated heterocycles. The van der Waals surface area contributed by atoms with Crippen LogP contribution in [0.5, 0.6) is 0 Å². The molecule has 0 saturated carbocycles.